The van der Waals surface area contributed by atoms with Gasteiger partial charge in [-0.05, 0) is 25.0 Å². The van der Waals surface area contributed by atoms with Gasteiger partial charge < -0.3 is 10.4 Å². The Kier molecular flexibility index (Phi) is 5.03. The van der Waals surface area contributed by atoms with E-state index in [9.17, 15) is 14.3 Å². The number of aliphatic hydroxyl groups is 1. The van der Waals surface area contributed by atoms with Gasteiger partial charge in [0.1, 0.15) is 11.6 Å². The second-order valence-corrected chi connectivity index (χ2v) is 4.10. The first kappa shape index (κ1) is 14.4. The lowest BCUT2D eigenvalue weighted by molar-refractivity contribution is 0.0354. The molecule has 1 heterocycles. The van der Waals surface area contributed by atoms with E-state index in [0.717, 1.165) is 6.20 Å². The maximum atomic E-state index is 12.6. The molecule has 0 radical (unpaired) electrons. The summed E-state index contributed by atoms with van der Waals surface area (Å²) in [5.74, 6) is -0.210. The van der Waals surface area contributed by atoms with Crippen molar-refractivity contribution < 1.29 is 14.3 Å². The first-order chi connectivity index (χ1) is 8.49. The zero-order valence-electron chi connectivity index (χ0n) is 10.5. The molecule has 1 rings (SSSR count). The smallest absolute Gasteiger partial charge is 0.320 e. The van der Waals surface area contributed by atoms with Crippen LogP contribution in [0.3, 0.4) is 0 Å². The molecule has 100 valence electrons. The molecule has 0 aliphatic carbocycles. The maximum Gasteiger partial charge on any atom is 0.320 e. The van der Waals surface area contributed by atoms with E-state index in [-0.39, 0.29) is 12.4 Å². The van der Waals surface area contributed by atoms with Crippen molar-refractivity contribution in [3.8, 4) is 0 Å². The van der Waals surface area contributed by atoms with Crippen LogP contribution in [0, 0.1) is 5.82 Å². The van der Waals surface area contributed by atoms with E-state index in [2.05, 4.69) is 15.6 Å². The molecule has 0 aliphatic heterocycles. The van der Waals surface area contributed by atoms with E-state index in [1.807, 2.05) is 13.8 Å². The molecule has 0 atom stereocenters. The number of hydrogen-bond acceptors (Lipinski definition) is 3. The number of halogens is 1. The third kappa shape index (κ3) is 4.29. The number of aromatic nitrogens is 1. The molecule has 2 amide bonds. The number of anilines is 1. The van der Waals surface area contributed by atoms with Crippen LogP contribution in [0.5, 0.6) is 0 Å². The van der Waals surface area contributed by atoms with Crippen LogP contribution in [0.4, 0.5) is 15.0 Å². The molecule has 0 bridgehead atoms. The summed E-state index contributed by atoms with van der Waals surface area (Å²) in [7, 11) is 0. The Bertz CT molecular complexity index is 391. The summed E-state index contributed by atoms with van der Waals surface area (Å²) in [6.45, 7) is 3.86. The highest BCUT2D eigenvalue weighted by molar-refractivity contribution is 5.88. The molecule has 5 nitrogen and oxygen atoms in total. The predicted molar refractivity (Wildman–Crippen MR) is 66.7 cm³/mol. The van der Waals surface area contributed by atoms with Crippen LogP contribution in [-0.4, -0.2) is 28.3 Å². The fraction of sp³-hybridized carbons (Fsp3) is 0.500. The number of pyridine rings is 1. The normalized spacial score (nSPS) is 11.1. The number of amides is 2. The number of carbonyl (C=O) groups excluding carboxylic acids is 1. The lowest BCUT2D eigenvalue weighted by atomic mass is 9.98. The van der Waals surface area contributed by atoms with Crippen molar-refractivity contribution in [2.45, 2.75) is 32.3 Å². The molecular formula is C12H18FN3O2. The lowest BCUT2D eigenvalue weighted by Crippen LogP contribution is -2.43. The average molecular weight is 255 g/mol. The Morgan fingerprint density at radius 2 is 2.11 bits per heavy atom. The largest absolute Gasteiger partial charge is 0.388 e. The van der Waals surface area contributed by atoms with E-state index in [1.165, 1.54) is 12.1 Å². The van der Waals surface area contributed by atoms with Gasteiger partial charge in [-0.2, -0.15) is 0 Å². The lowest BCUT2D eigenvalue weighted by Gasteiger charge is -2.25. The minimum absolute atomic E-state index is 0.160. The van der Waals surface area contributed by atoms with Crippen molar-refractivity contribution in [3.63, 3.8) is 0 Å². The third-order valence-electron chi connectivity index (χ3n) is 2.86. The van der Waals surface area contributed by atoms with Crippen LogP contribution in [0.2, 0.25) is 0 Å². The zero-order valence-corrected chi connectivity index (χ0v) is 10.5. The highest BCUT2D eigenvalue weighted by Crippen LogP contribution is 2.12. The number of nitrogens with zero attached hydrogens (tertiary/aromatic N) is 1. The van der Waals surface area contributed by atoms with Gasteiger partial charge in [-0.25, -0.2) is 14.2 Å². The van der Waals surface area contributed by atoms with Crippen molar-refractivity contribution in [1.82, 2.24) is 10.3 Å². The summed E-state index contributed by atoms with van der Waals surface area (Å²) < 4.78 is 12.6. The van der Waals surface area contributed by atoms with Crippen molar-refractivity contribution in [3.05, 3.63) is 24.1 Å². The van der Waals surface area contributed by atoms with Crippen LogP contribution < -0.4 is 10.6 Å². The van der Waals surface area contributed by atoms with Gasteiger partial charge in [-0.15, -0.1) is 0 Å². The molecule has 6 heteroatoms. The average Bonchev–Trinajstić information content (AvgIpc) is 2.39. The van der Waals surface area contributed by atoms with E-state index >= 15 is 0 Å². The molecule has 3 N–H and O–H groups in total. The topological polar surface area (TPSA) is 74.2 Å². The summed E-state index contributed by atoms with van der Waals surface area (Å²) in [5, 5.41) is 15.0. The van der Waals surface area contributed by atoms with Crippen LogP contribution in [0.25, 0.3) is 0 Å². The van der Waals surface area contributed by atoms with Crippen molar-refractivity contribution >= 4 is 11.8 Å². The molecule has 0 aliphatic rings. The summed E-state index contributed by atoms with van der Waals surface area (Å²) in [6.07, 6.45) is 2.13. The quantitative estimate of drug-likeness (QED) is 0.752. The monoisotopic (exact) mass is 255 g/mol. The Balaban J connectivity index is 2.45. The van der Waals surface area contributed by atoms with Crippen LogP contribution >= 0.6 is 0 Å². The first-order valence-corrected chi connectivity index (χ1v) is 5.88. The second kappa shape index (κ2) is 6.30. The molecule has 0 saturated heterocycles. The van der Waals surface area contributed by atoms with Gasteiger partial charge in [-0.3, -0.25) is 5.32 Å². The third-order valence-corrected chi connectivity index (χ3v) is 2.86. The molecule has 1 aromatic heterocycles. The molecule has 0 saturated carbocycles. The molecular weight excluding hydrogens is 237 g/mol. The number of hydrogen-bond donors (Lipinski definition) is 3. The zero-order chi connectivity index (χ0) is 13.6. The summed E-state index contributed by atoms with van der Waals surface area (Å²) >= 11 is 0. The first-order valence-electron chi connectivity index (χ1n) is 5.88. The van der Waals surface area contributed by atoms with Gasteiger partial charge in [0, 0.05) is 6.54 Å². The Hall–Kier alpha value is -1.69. The minimum atomic E-state index is -0.895. The summed E-state index contributed by atoms with van der Waals surface area (Å²) in [5.41, 5.74) is -0.895. The maximum absolute atomic E-state index is 12.6. The Labute approximate surface area is 105 Å². The molecule has 18 heavy (non-hydrogen) atoms. The van der Waals surface area contributed by atoms with E-state index in [1.54, 1.807) is 0 Å². The SMILES string of the molecule is CCC(O)(CC)CNC(=O)Nc1ccc(F)cn1. The molecule has 1 aromatic rings. The van der Waals surface area contributed by atoms with Gasteiger partial charge in [-0.1, -0.05) is 13.8 Å². The highest BCUT2D eigenvalue weighted by atomic mass is 19.1. The van der Waals surface area contributed by atoms with Gasteiger partial charge >= 0.3 is 6.03 Å². The van der Waals surface area contributed by atoms with E-state index in [4.69, 9.17) is 0 Å². The molecule has 0 fully saturated rings. The van der Waals surface area contributed by atoms with E-state index < -0.39 is 17.4 Å². The van der Waals surface area contributed by atoms with Crippen LogP contribution in [-0.2, 0) is 0 Å². The molecule has 0 aromatic carbocycles. The Morgan fingerprint density at radius 3 is 2.61 bits per heavy atom. The van der Waals surface area contributed by atoms with Gasteiger partial charge in [0.05, 0.1) is 11.8 Å². The molecule has 0 spiro atoms. The number of urea groups is 1. The summed E-state index contributed by atoms with van der Waals surface area (Å²) in [4.78, 5) is 15.2. The van der Waals surface area contributed by atoms with Crippen molar-refractivity contribution in [1.29, 1.82) is 0 Å². The predicted octanol–water partition coefficient (Wildman–Crippen LogP) is 1.89. The number of nitrogens with one attached hydrogen (secondary N) is 2. The van der Waals surface area contributed by atoms with E-state index in [0.29, 0.717) is 12.8 Å². The van der Waals surface area contributed by atoms with Crippen LogP contribution in [0.1, 0.15) is 26.7 Å². The highest BCUT2D eigenvalue weighted by Gasteiger charge is 2.22. The Morgan fingerprint density at radius 1 is 1.44 bits per heavy atom. The van der Waals surface area contributed by atoms with Crippen molar-refractivity contribution in [2.75, 3.05) is 11.9 Å². The van der Waals surface area contributed by atoms with Crippen molar-refractivity contribution in [2.24, 2.45) is 0 Å². The minimum Gasteiger partial charge on any atom is -0.388 e. The van der Waals surface area contributed by atoms with Gasteiger partial charge in [0.25, 0.3) is 0 Å². The fourth-order valence-electron chi connectivity index (χ4n) is 1.36. The number of carbonyl (C=O) groups is 1. The van der Waals surface area contributed by atoms with Gasteiger partial charge in [0.2, 0.25) is 0 Å². The second-order valence-electron chi connectivity index (χ2n) is 4.10. The number of rotatable bonds is 5. The van der Waals surface area contributed by atoms with Gasteiger partial charge in [0.15, 0.2) is 0 Å². The van der Waals surface area contributed by atoms with Crippen LogP contribution in [0.15, 0.2) is 18.3 Å². The fourth-order valence-corrected chi connectivity index (χ4v) is 1.36. The standard InChI is InChI=1S/C12H18FN3O2/c1-3-12(18,4-2)8-15-11(17)16-10-6-5-9(13)7-14-10/h5-7,18H,3-4,8H2,1-2H3,(H2,14,15,16,17). The molecule has 0 unspecified atom stereocenters. The summed E-state index contributed by atoms with van der Waals surface area (Å²) in [6, 6.07) is 2.09.